The zero-order chi connectivity index (χ0) is 21.7. The van der Waals surface area contributed by atoms with Gasteiger partial charge in [-0.15, -0.1) is 0 Å². The zero-order valence-corrected chi connectivity index (χ0v) is 18.4. The van der Waals surface area contributed by atoms with Gasteiger partial charge in [0.2, 0.25) is 5.91 Å². The molecule has 4 rings (SSSR count). The van der Waals surface area contributed by atoms with Gasteiger partial charge in [0.25, 0.3) is 0 Å². The third-order valence-corrected chi connectivity index (χ3v) is 6.27. The van der Waals surface area contributed by atoms with Gasteiger partial charge < -0.3 is 9.88 Å². The summed E-state index contributed by atoms with van der Waals surface area (Å²) in [5.74, 6) is 1.23. The van der Waals surface area contributed by atoms with Crippen molar-refractivity contribution in [1.29, 1.82) is 0 Å². The molecule has 3 heterocycles. The fourth-order valence-corrected chi connectivity index (χ4v) is 4.58. The van der Waals surface area contributed by atoms with Gasteiger partial charge in [0.1, 0.15) is 5.82 Å². The van der Waals surface area contributed by atoms with E-state index in [1.54, 1.807) is 0 Å². The second-order valence-electron chi connectivity index (χ2n) is 8.34. The molecule has 3 aromatic rings. The van der Waals surface area contributed by atoms with E-state index in [4.69, 9.17) is 0 Å². The molecule has 162 valence electrons. The number of carbonyl (C=O) groups excluding carboxylic acids is 1. The lowest BCUT2D eigenvalue weighted by atomic mass is 9.79. The number of hydrogen-bond acceptors (Lipinski definition) is 4. The predicted octanol–water partition coefficient (Wildman–Crippen LogP) is 3.54. The van der Waals surface area contributed by atoms with E-state index in [-0.39, 0.29) is 5.91 Å². The number of carbonyl (C=O) groups is 1. The second kappa shape index (κ2) is 9.43. The van der Waals surface area contributed by atoms with Crippen LogP contribution in [0.1, 0.15) is 31.7 Å². The largest absolute Gasteiger partial charge is 0.356 e. The van der Waals surface area contributed by atoms with E-state index >= 15 is 0 Å². The molecule has 1 aromatic carbocycles. The van der Waals surface area contributed by atoms with Crippen LogP contribution in [0.5, 0.6) is 0 Å². The van der Waals surface area contributed by atoms with Crippen molar-refractivity contribution < 1.29 is 4.79 Å². The third-order valence-electron chi connectivity index (χ3n) is 6.27. The summed E-state index contributed by atoms with van der Waals surface area (Å²) in [6.45, 7) is 8.12. The van der Waals surface area contributed by atoms with Crippen LogP contribution < -0.4 is 5.32 Å². The lowest BCUT2D eigenvalue weighted by molar-refractivity contribution is -0.130. The standard InChI is InChI=1S/C25H31N5O/c1-3-27-24(31)25(11-15-29(19-25)18-23-28-14-16-30(23)4-2)17-20-5-7-21(8-6-20)22-9-12-26-13-10-22/h5-10,12-14,16H,3-4,11,15,17-19H2,1-2H3,(H,27,31). The summed E-state index contributed by atoms with van der Waals surface area (Å²) in [4.78, 5) is 24.1. The maximum Gasteiger partial charge on any atom is 0.227 e. The van der Waals surface area contributed by atoms with E-state index in [2.05, 4.69) is 55.9 Å². The zero-order valence-electron chi connectivity index (χ0n) is 18.4. The molecule has 0 aliphatic carbocycles. The van der Waals surface area contributed by atoms with Crippen LogP contribution in [-0.2, 0) is 24.3 Å². The second-order valence-corrected chi connectivity index (χ2v) is 8.34. The van der Waals surface area contributed by atoms with Crippen molar-refractivity contribution in [2.45, 2.75) is 39.8 Å². The first-order chi connectivity index (χ1) is 15.1. The van der Waals surface area contributed by atoms with E-state index in [0.717, 1.165) is 56.0 Å². The van der Waals surface area contributed by atoms with E-state index in [9.17, 15) is 4.79 Å². The number of rotatable bonds is 8. The molecule has 6 nitrogen and oxygen atoms in total. The molecular weight excluding hydrogens is 386 g/mol. The quantitative estimate of drug-likeness (QED) is 0.609. The van der Waals surface area contributed by atoms with Crippen molar-refractivity contribution in [3.8, 4) is 11.1 Å². The van der Waals surface area contributed by atoms with E-state index < -0.39 is 5.41 Å². The molecule has 6 heteroatoms. The lowest BCUT2D eigenvalue weighted by Gasteiger charge is -2.28. The smallest absolute Gasteiger partial charge is 0.227 e. The number of pyridine rings is 1. The molecule has 1 fully saturated rings. The molecule has 1 aliphatic heterocycles. The Morgan fingerprint density at radius 3 is 2.52 bits per heavy atom. The number of amides is 1. The van der Waals surface area contributed by atoms with Crippen molar-refractivity contribution in [2.24, 2.45) is 5.41 Å². The summed E-state index contributed by atoms with van der Waals surface area (Å²) in [6, 6.07) is 12.6. The van der Waals surface area contributed by atoms with E-state index in [1.165, 1.54) is 5.56 Å². The number of aromatic nitrogens is 3. The molecule has 1 unspecified atom stereocenters. The Bertz CT molecular complexity index is 998. The molecule has 1 saturated heterocycles. The third kappa shape index (κ3) is 4.69. The van der Waals surface area contributed by atoms with Crippen molar-refractivity contribution in [3.63, 3.8) is 0 Å². The number of aryl methyl sites for hydroxylation is 1. The Morgan fingerprint density at radius 1 is 1.06 bits per heavy atom. The SMILES string of the molecule is CCNC(=O)C1(Cc2ccc(-c3ccncc3)cc2)CCN(Cc2nccn2CC)C1. The molecule has 2 aromatic heterocycles. The van der Waals surface area contributed by atoms with Crippen LogP contribution in [0.15, 0.2) is 61.2 Å². The van der Waals surface area contributed by atoms with Crippen LogP contribution >= 0.6 is 0 Å². The highest BCUT2D eigenvalue weighted by molar-refractivity contribution is 5.83. The van der Waals surface area contributed by atoms with E-state index in [0.29, 0.717) is 6.54 Å². The van der Waals surface area contributed by atoms with Gasteiger partial charge in [-0.05, 0) is 62.1 Å². The Balaban J connectivity index is 1.51. The minimum absolute atomic E-state index is 0.162. The van der Waals surface area contributed by atoms with Crippen molar-refractivity contribution in [1.82, 2.24) is 24.8 Å². The number of nitrogens with zero attached hydrogens (tertiary/aromatic N) is 4. The summed E-state index contributed by atoms with van der Waals surface area (Å²) in [6.07, 6.45) is 9.10. The average molecular weight is 418 g/mol. The molecule has 1 amide bonds. The Morgan fingerprint density at radius 2 is 1.81 bits per heavy atom. The number of imidazole rings is 1. The number of hydrogen-bond donors (Lipinski definition) is 1. The molecular formula is C25H31N5O. The van der Waals surface area contributed by atoms with Gasteiger partial charge in [-0.25, -0.2) is 4.98 Å². The van der Waals surface area contributed by atoms with Crippen LogP contribution in [0, 0.1) is 5.41 Å². The van der Waals surface area contributed by atoms with Crippen LogP contribution in [0.4, 0.5) is 0 Å². The van der Waals surface area contributed by atoms with Gasteiger partial charge in [0.15, 0.2) is 0 Å². The van der Waals surface area contributed by atoms with Crippen molar-refractivity contribution in [2.75, 3.05) is 19.6 Å². The molecule has 31 heavy (non-hydrogen) atoms. The van der Waals surface area contributed by atoms with Crippen LogP contribution in [0.25, 0.3) is 11.1 Å². The van der Waals surface area contributed by atoms with Gasteiger partial charge in [0.05, 0.1) is 12.0 Å². The summed E-state index contributed by atoms with van der Waals surface area (Å²) in [5.41, 5.74) is 3.11. The highest BCUT2D eigenvalue weighted by atomic mass is 16.2. The molecule has 0 spiro atoms. The fraction of sp³-hybridized carbons (Fsp3) is 0.400. The van der Waals surface area contributed by atoms with Crippen LogP contribution in [0.3, 0.4) is 0 Å². The Kier molecular flexibility index (Phi) is 6.47. The summed E-state index contributed by atoms with van der Waals surface area (Å²) in [7, 11) is 0. The molecule has 1 aliphatic rings. The van der Waals surface area contributed by atoms with E-state index in [1.807, 2.05) is 43.8 Å². The van der Waals surface area contributed by atoms with Gasteiger partial charge in [-0.1, -0.05) is 24.3 Å². The molecule has 0 saturated carbocycles. The lowest BCUT2D eigenvalue weighted by Crippen LogP contribution is -2.44. The first-order valence-corrected chi connectivity index (χ1v) is 11.1. The van der Waals surface area contributed by atoms with Gasteiger partial charge in [-0.2, -0.15) is 0 Å². The fourth-order valence-electron chi connectivity index (χ4n) is 4.58. The van der Waals surface area contributed by atoms with Gasteiger partial charge in [-0.3, -0.25) is 14.7 Å². The average Bonchev–Trinajstić information content (AvgIpc) is 3.43. The first-order valence-electron chi connectivity index (χ1n) is 11.1. The highest BCUT2D eigenvalue weighted by Gasteiger charge is 2.44. The monoisotopic (exact) mass is 417 g/mol. The number of benzene rings is 1. The number of likely N-dealkylation sites (tertiary alicyclic amines) is 1. The minimum Gasteiger partial charge on any atom is -0.356 e. The maximum atomic E-state index is 13.2. The van der Waals surface area contributed by atoms with Gasteiger partial charge in [0, 0.05) is 44.4 Å². The van der Waals surface area contributed by atoms with Crippen molar-refractivity contribution in [3.05, 3.63) is 72.6 Å². The summed E-state index contributed by atoms with van der Waals surface area (Å²) < 4.78 is 2.17. The highest BCUT2D eigenvalue weighted by Crippen LogP contribution is 2.36. The topological polar surface area (TPSA) is 63.1 Å². The minimum atomic E-state index is -0.405. The first kappa shape index (κ1) is 21.2. The molecule has 0 radical (unpaired) electrons. The maximum absolute atomic E-state index is 13.2. The predicted molar refractivity (Wildman–Crippen MR) is 122 cm³/mol. The normalized spacial score (nSPS) is 18.9. The van der Waals surface area contributed by atoms with Crippen LogP contribution in [-0.4, -0.2) is 45.0 Å². The molecule has 1 atom stereocenters. The van der Waals surface area contributed by atoms with Crippen LogP contribution in [0.2, 0.25) is 0 Å². The molecule has 1 N–H and O–H groups in total. The Hall–Kier alpha value is -2.99. The summed E-state index contributed by atoms with van der Waals surface area (Å²) in [5, 5.41) is 3.09. The number of nitrogens with one attached hydrogen (secondary N) is 1. The molecule has 0 bridgehead atoms. The van der Waals surface area contributed by atoms with Gasteiger partial charge >= 0.3 is 0 Å². The summed E-state index contributed by atoms with van der Waals surface area (Å²) >= 11 is 0. The Labute approximate surface area is 184 Å². The van der Waals surface area contributed by atoms with Crippen molar-refractivity contribution >= 4 is 5.91 Å².